The van der Waals surface area contributed by atoms with Crippen LogP contribution in [0.5, 0.6) is 0 Å². The van der Waals surface area contributed by atoms with E-state index in [0.29, 0.717) is 25.1 Å². The largest absolute Gasteiger partial charge is 0.352 e. The highest BCUT2D eigenvalue weighted by Crippen LogP contribution is 2.21. The van der Waals surface area contributed by atoms with Crippen molar-refractivity contribution in [3.05, 3.63) is 41.3 Å². The molecule has 2 aromatic rings. The number of likely N-dealkylation sites (N-methyl/N-ethyl adjacent to an activating group) is 1. The van der Waals surface area contributed by atoms with E-state index in [2.05, 4.69) is 15.0 Å². The monoisotopic (exact) mass is 378 g/mol. The Labute approximate surface area is 150 Å². The lowest BCUT2D eigenvalue weighted by molar-refractivity contribution is -0.123. The predicted octanol–water partition coefficient (Wildman–Crippen LogP) is -0.591. The number of anilines is 1. The fraction of sp³-hybridized carbons (Fsp3) is 0.400. The lowest BCUT2D eigenvalue weighted by atomic mass is 10.1. The average Bonchev–Trinajstić information content (AvgIpc) is 2.61. The van der Waals surface area contributed by atoms with E-state index in [9.17, 15) is 18.0 Å². The highest BCUT2D eigenvalue weighted by Gasteiger charge is 2.36. The molecule has 1 unspecified atom stereocenters. The standard InChI is InChI=1S/C15H18N6O4S/c1-19(26(2,24)25)12-5-3-7-21(13(12)22)14-17-9-11(10-18-14)20-8-4-6-16-15(20)23/h4,6,8-10,12H,3,5,7H2,1-2H3. The van der Waals surface area contributed by atoms with Gasteiger partial charge in [0.25, 0.3) is 0 Å². The molecule has 26 heavy (non-hydrogen) atoms. The van der Waals surface area contributed by atoms with E-state index >= 15 is 0 Å². The molecular weight excluding hydrogens is 360 g/mol. The molecule has 0 saturated carbocycles. The minimum atomic E-state index is -3.49. The Morgan fingerprint density at radius 2 is 1.88 bits per heavy atom. The van der Waals surface area contributed by atoms with Gasteiger partial charge in [0.1, 0.15) is 6.04 Å². The molecule has 1 atom stereocenters. The van der Waals surface area contributed by atoms with Crippen LogP contribution >= 0.6 is 0 Å². The molecular formula is C15H18N6O4S. The Morgan fingerprint density at radius 1 is 1.19 bits per heavy atom. The van der Waals surface area contributed by atoms with Gasteiger partial charge >= 0.3 is 5.69 Å². The molecule has 0 N–H and O–H groups in total. The van der Waals surface area contributed by atoms with Gasteiger partial charge in [-0.25, -0.2) is 28.2 Å². The van der Waals surface area contributed by atoms with Crippen molar-refractivity contribution in [2.75, 3.05) is 24.7 Å². The summed E-state index contributed by atoms with van der Waals surface area (Å²) >= 11 is 0. The molecule has 0 bridgehead atoms. The molecule has 1 amide bonds. The third-order valence-corrected chi connectivity index (χ3v) is 5.53. The van der Waals surface area contributed by atoms with Crippen molar-refractivity contribution in [3.8, 4) is 5.69 Å². The van der Waals surface area contributed by atoms with E-state index in [4.69, 9.17) is 0 Å². The maximum absolute atomic E-state index is 12.7. The van der Waals surface area contributed by atoms with Gasteiger partial charge in [0.05, 0.1) is 24.3 Å². The topological polar surface area (TPSA) is 118 Å². The second-order valence-corrected chi connectivity index (χ2v) is 7.98. The number of amides is 1. The number of hydrogen-bond acceptors (Lipinski definition) is 7. The number of nitrogens with zero attached hydrogens (tertiary/aromatic N) is 6. The molecule has 1 aliphatic heterocycles. The van der Waals surface area contributed by atoms with Crippen LogP contribution in [0.4, 0.5) is 5.95 Å². The second kappa shape index (κ2) is 6.92. The van der Waals surface area contributed by atoms with E-state index in [-0.39, 0.29) is 11.9 Å². The predicted molar refractivity (Wildman–Crippen MR) is 93.4 cm³/mol. The van der Waals surface area contributed by atoms with E-state index in [1.807, 2.05) is 0 Å². The van der Waals surface area contributed by atoms with Crippen molar-refractivity contribution in [1.82, 2.24) is 23.8 Å². The summed E-state index contributed by atoms with van der Waals surface area (Å²) in [5.74, 6) is -0.197. The van der Waals surface area contributed by atoms with Crippen molar-refractivity contribution in [2.45, 2.75) is 18.9 Å². The third kappa shape index (κ3) is 3.48. The average molecular weight is 378 g/mol. The van der Waals surface area contributed by atoms with E-state index in [1.165, 1.54) is 41.3 Å². The van der Waals surface area contributed by atoms with Crippen LogP contribution < -0.4 is 10.6 Å². The van der Waals surface area contributed by atoms with Gasteiger partial charge in [0, 0.05) is 26.0 Å². The molecule has 0 spiro atoms. The Balaban J connectivity index is 1.86. The van der Waals surface area contributed by atoms with Crippen molar-refractivity contribution >= 4 is 21.9 Å². The normalized spacial score (nSPS) is 18.3. The highest BCUT2D eigenvalue weighted by molar-refractivity contribution is 7.88. The molecule has 3 heterocycles. The second-order valence-electron chi connectivity index (χ2n) is 5.94. The summed E-state index contributed by atoms with van der Waals surface area (Å²) < 4.78 is 25.8. The summed E-state index contributed by atoms with van der Waals surface area (Å²) in [6.07, 6.45) is 7.91. The minimum Gasteiger partial charge on any atom is -0.279 e. The van der Waals surface area contributed by atoms with Crippen molar-refractivity contribution in [3.63, 3.8) is 0 Å². The molecule has 10 nitrogen and oxygen atoms in total. The first-order chi connectivity index (χ1) is 12.3. The number of rotatable bonds is 4. The summed E-state index contributed by atoms with van der Waals surface area (Å²) in [4.78, 5) is 37.8. The molecule has 0 aromatic carbocycles. The number of carbonyl (C=O) groups is 1. The molecule has 1 fully saturated rings. The van der Waals surface area contributed by atoms with E-state index < -0.39 is 21.8 Å². The maximum Gasteiger partial charge on any atom is 0.352 e. The molecule has 11 heteroatoms. The first-order valence-electron chi connectivity index (χ1n) is 7.89. The first-order valence-corrected chi connectivity index (χ1v) is 9.74. The molecule has 0 radical (unpaired) electrons. The SMILES string of the molecule is CN(C1CCCN(c2ncc(-n3cccnc3=O)cn2)C1=O)S(C)(=O)=O. The summed E-state index contributed by atoms with van der Waals surface area (Å²) in [6, 6.07) is 0.831. The van der Waals surface area contributed by atoms with Crippen molar-refractivity contribution < 1.29 is 13.2 Å². The fourth-order valence-electron chi connectivity index (χ4n) is 2.76. The Bertz CT molecular complexity index is 972. The van der Waals surface area contributed by atoms with Crippen molar-refractivity contribution in [2.24, 2.45) is 0 Å². The summed E-state index contributed by atoms with van der Waals surface area (Å²) in [5.41, 5.74) is -0.0474. The van der Waals surface area contributed by atoms with Crippen LogP contribution in [0, 0.1) is 0 Å². The van der Waals surface area contributed by atoms with Gasteiger partial charge in [-0.3, -0.25) is 14.3 Å². The molecule has 0 aliphatic carbocycles. The number of piperidine rings is 1. The lowest BCUT2D eigenvalue weighted by Gasteiger charge is -2.34. The van der Waals surface area contributed by atoms with Crippen LogP contribution in [-0.2, 0) is 14.8 Å². The smallest absolute Gasteiger partial charge is 0.279 e. The summed E-state index contributed by atoms with van der Waals surface area (Å²) in [7, 11) is -2.10. The third-order valence-electron chi connectivity index (χ3n) is 4.23. The van der Waals surface area contributed by atoms with Gasteiger partial charge in [-0.1, -0.05) is 0 Å². The van der Waals surface area contributed by atoms with Gasteiger partial charge in [-0.15, -0.1) is 0 Å². The van der Waals surface area contributed by atoms with Gasteiger partial charge < -0.3 is 0 Å². The number of aromatic nitrogens is 4. The summed E-state index contributed by atoms with van der Waals surface area (Å²) in [5, 5.41) is 0. The molecule has 138 valence electrons. The molecule has 3 rings (SSSR count). The van der Waals surface area contributed by atoms with Gasteiger partial charge in [0.2, 0.25) is 21.9 Å². The van der Waals surface area contributed by atoms with Gasteiger partial charge in [-0.05, 0) is 18.9 Å². The Hall–Kier alpha value is -2.66. The minimum absolute atomic E-state index is 0.169. The van der Waals surface area contributed by atoms with Crippen LogP contribution in [0.3, 0.4) is 0 Å². The van der Waals surface area contributed by atoms with Crippen LogP contribution in [0.2, 0.25) is 0 Å². The zero-order chi connectivity index (χ0) is 18.9. The molecule has 2 aromatic heterocycles. The fourth-order valence-corrected chi connectivity index (χ4v) is 3.41. The van der Waals surface area contributed by atoms with Crippen LogP contribution in [0.25, 0.3) is 5.69 Å². The Morgan fingerprint density at radius 3 is 2.50 bits per heavy atom. The lowest BCUT2D eigenvalue weighted by Crippen LogP contribution is -2.53. The maximum atomic E-state index is 12.7. The number of sulfonamides is 1. The van der Waals surface area contributed by atoms with Crippen LogP contribution in [-0.4, -0.2) is 64.0 Å². The van der Waals surface area contributed by atoms with E-state index in [1.54, 1.807) is 6.07 Å². The highest BCUT2D eigenvalue weighted by atomic mass is 32.2. The zero-order valence-corrected chi connectivity index (χ0v) is 15.1. The summed E-state index contributed by atoms with van der Waals surface area (Å²) in [6.45, 7) is 0.402. The molecule has 1 saturated heterocycles. The van der Waals surface area contributed by atoms with Gasteiger partial charge in [-0.2, -0.15) is 4.31 Å². The number of carbonyl (C=O) groups excluding carboxylic acids is 1. The first kappa shape index (κ1) is 18.1. The van der Waals surface area contributed by atoms with Crippen LogP contribution in [0.1, 0.15) is 12.8 Å². The Kier molecular flexibility index (Phi) is 4.83. The van der Waals surface area contributed by atoms with Crippen LogP contribution in [0.15, 0.2) is 35.6 Å². The van der Waals surface area contributed by atoms with Gasteiger partial charge in [0.15, 0.2) is 0 Å². The zero-order valence-electron chi connectivity index (χ0n) is 14.3. The van der Waals surface area contributed by atoms with Crippen molar-refractivity contribution in [1.29, 1.82) is 0 Å². The van der Waals surface area contributed by atoms with E-state index in [0.717, 1.165) is 10.6 Å². The molecule has 1 aliphatic rings. The number of hydrogen-bond donors (Lipinski definition) is 0. The quantitative estimate of drug-likeness (QED) is 0.697.